The maximum absolute atomic E-state index is 12.7. The van der Waals surface area contributed by atoms with Crippen molar-refractivity contribution in [3.8, 4) is 17.6 Å². The molecule has 0 spiro atoms. The first kappa shape index (κ1) is 12.8. The smallest absolute Gasteiger partial charge is 0.236 e. The second-order valence-electron chi connectivity index (χ2n) is 3.81. The molecule has 0 amide bonds. The molecule has 0 aliphatic carbocycles. The van der Waals surface area contributed by atoms with Gasteiger partial charge in [0.25, 0.3) is 0 Å². The van der Waals surface area contributed by atoms with E-state index in [9.17, 15) is 9.18 Å². The molecule has 2 aromatic rings. The van der Waals surface area contributed by atoms with Gasteiger partial charge >= 0.3 is 0 Å². The molecule has 0 heterocycles. The fourth-order valence-electron chi connectivity index (χ4n) is 1.48. The Morgan fingerprint density at radius 2 is 1.68 bits per heavy atom. The van der Waals surface area contributed by atoms with Crippen molar-refractivity contribution in [2.24, 2.45) is 0 Å². The fourth-order valence-corrected chi connectivity index (χ4v) is 1.48. The average Bonchev–Trinajstić information content (AvgIpc) is 2.46. The first-order valence-electron chi connectivity index (χ1n) is 5.65. The van der Waals surface area contributed by atoms with Crippen LogP contribution in [0.5, 0.6) is 5.75 Å². The van der Waals surface area contributed by atoms with Gasteiger partial charge in [0.05, 0.1) is 7.11 Å². The van der Waals surface area contributed by atoms with Crippen LogP contribution in [0.4, 0.5) is 4.39 Å². The van der Waals surface area contributed by atoms with E-state index in [4.69, 9.17) is 4.74 Å². The average molecular weight is 254 g/mol. The zero-order valence-electron chi connectivity index (χ0n) is 10.3. The van der Waals surface area contributed by atoms with Crippen LogP contribution in [0.15, 0.2) is 48.5 Å². The standard InChI is InChI=1S/C16H11FO2/c1-19-15-9-5-13(6-10-15)16(18)11-4-12-2-7-14(17)8-3-12/h2-3,5-10H,1H3. The van der Waals surface area contributed by atoms with Crippen LogP contribution in [0, 0.1) is 17.7 Å². The van der Waals surface area contributed by atoms with E-state index in [0.29, 0.717) is 16.9 Å². The summed E-state index contributed by atoms with van der Waals surface area (Å²) in [4.78, 5) is 11.8. The van der Waals surface area contributed by atoms with Gasteiger partial charge in [0.1, 0.15) is 11.6 Å². The Labute approximate surface area is 110 Å². The molecule has 3 heteroatoms. The third-order valence-electron chi connectivity index (χ3n) is 2.52. The minimum absolute atomic E-state index is 0.285. The van der Waals surface area contributed by atoms with Gasteiger partial charge < -0.3 is 4.74 Å². The zero-order valence-corrected chi connectivity index (χ0v) is 10.3. The van der Waals surface area contributed by atoms with Crippen molar-refractivity contribution in [3.63, 3.8) is 0 Å². The summed E-state index contributed by atoms with van der Waals surface area (Å²) in [7, 11) is 1.56. The number of benzene rings is 2. The molecule has 0 aliphatic heterocycles. The maximum Gasteiger partial charge on any atom is 0.236 e. The van der Waals surface area contributed by atoms with Gasteiger partial charge in [0, 0.05) is 11.1 Å². The van der Waals surface area contributed by atoms with Gasteiger partial charge in [0.15, 0.2) is 0 Å². The van der Waals surface area contributed by atoms with Gasteiger partial charge in [-0.25, -0.2) is 4.39 Å². The number of halogens is 1. The van der Waals surface area contributed by atoms with E-state index in [1.807, 2.05) is 0 Å². The van der Waals surface area contributed by atoms with E-state index in [0.717, 1.165) is 0 Å². The Balaban J connectivity index is 2.14. The summed E-state index contributed by atoms with van der Waals surface area (Å²) >= 11 is 0. The largest absolute Gasteiger partial charge is 0.497 e. The lowest BCUT2D eigenvalue weighted by molar-refractivity contribution is 0.105. The highest BCUT2D eigenvalue weighted by Gasteiger charge is 2.01. The summed E-state index contributed by atoms with van der Waals surface area (Å²) in [5.41, 5.74) is 1.10. The van der Waals surface area contributed by atoms with Gasteiger partial charge in [0.2, 0.25) is 5.78 Å². The molecule has 0 aromatic heterocycles. The maximum atomic E-state index is 12.7. The minimum Gasteiger partial charge on any atom is -0.497 e. The second kappa shape index (κ2) is 5.83. The number of rotatable bonds is 2. The van der Waals surface area contributed by atoms with Crippen molar-refractivity contribution in [1.82, 2.24) is 0 Å². The summed E-state index contributed by atoms with van der Waals surface area (Å²) < 4.78 is 17.7. The van der Waals surface area contributed by atoms with E-state index in [-0.39, 0.29) is 11.6 Å². The molecule has 94 valence electrons. The molecule has 0 saturated heterocycles. The first-order valence-corrected chi connectivity index (χ1v) is 5.65. The van der Waals surface area contributed by atoms with Crippen LogP contribution in [0.25, 0.3) is 0 Å². The fraction of sp³-hybridized carbons (Fsp3) is 0.0625. The lowest BCUT2D eigenvalue weighted by Crippen LogP contribution is -1.95. The molecule has 0 unspecified atom stereocenters. The van der Waals surface area contributed by atoms with Crippen molar-refractivity contribution in [1.29, 1.82) is 0 Å². The monoisotopic (exact) mass is 254 g/mol. The Kier molecular flexibility index (Phi) is 3.94. The van der Waals surface area contributed by atoms with Crippen LogP contribution in [0.3, 0.4) is 0 Å². The summed E-state index contributed by atoms with van der Waals surface area (Å²) in [6, 6.07) is 12.4. The van der Waals surface area contributed by atoms with Gasteiger partial charge in [-0.15, -0.1) is 0 Å². The summed E-state index contributed by atoms with van der Waals surface area (Å²) in [5.74, 6) is 5.29. The lowest BCUT2D eigenvalue weighted by Gasteiger charge is -1.98. The molecule has 2 rings (SSSR count). The number of ether oxygens (including phenoxy) is 1. The number of ketones is 1. The van der Waals surface area contributed by atoms with Gasteiger partial charge in [-0.1, -0.05) is 5.92 Å². The Morgan fingerprint density at radius 1 is 1.05 bits per heavy atom. The molecule has 19 heavy (non-hydrogen) atoms. The molecule has 0 N–H and O–H groups in total. The summed E-state index contributed by atoms with van der Waals surface area (Å²) in [6.45, 7) is 0. The normalized spacial score (nSPS) is 9.37. The third-order valence-corrected chi connectivity index (χ3v) is 2.52. The number of carbonyl (C=O) groups is 1. The van der Waals surface area contributed by atoms with Gasteiger partial charge in [-0.3, -0.25) is 4.79 Å². The predicted octanol–water partition coefficient (Wildman–Crippen LogP) is 3.07. The number of hydrogen-bond donors (Lipinski definition) is 0. The molecular weight excluding hydrogens is 243 g/mol. The molecule has 0 atom stereocenters. The van der Waals surface area contributed by atoms with Crippen LogP contribution < -0.4 is 4.74 Å². The second-order valence-corrected chi connectivity index (χ2v) is 3.81. The highest BCUT2D eigenvalue weighted by molar-refractivity contribution is 6.09. The van der Waals surface area contributed by atoms with Crippen molar-refractivity contribution in [2.75, 3.05) is 7.11 Å². The Hall–Kier alpha value is -2.60. The highest BCUT2D eigenvalue weighted by Crippen LogP contribution is 2.11. The first-order chi connectivity index (χ1) is 9.19. The Morgan fingerprint density at radius 3 is 2.26 bits per heavy atom. The van der Waals surface area contributed by atoms with Crippen LogP contribution in [-0.2, 0) is 0 Å². The molecule has 0 aliphatic rings. The van der Waals surface area contributed by atoms with Crippen LogP contribution in [-0.4, -0.2) is 12.9 Å². The summed E-state index contributed by atoms with van der Waals surface area (Å²) in [5, 5.41) is 0. The predicted molar refractivity (Wildman–Crippen MR) is 70.6 cm³/mol. The topological polar surface area (TPSA) is 26.3 Å². The van der Waals surface area contributed by atoms with E-state index in [2.05, 4.69) is 11.8 Å². The van der Waals surface area contributed by atoms with E-state index in [1.165, 1.54) is 24.3 Å². The molecule has 0 saturated carbocycles. The van der Waals surface area contributed by atoms with Crippen LogP contribution in [0.1, 0.15) is 15.9 Å². The van der Waals surface area contributed by atoms with Crippen LogP contribution >= 0.6 is 0 Å². The van der Waals surface area contributed by atoms with Gasteiger partial charge in [-0.2, -0.15) is 0 Å². The third kappa shape index (κ3) is 3.43. The molecule has 0 radical (unpaired) electrons. The lowest BCUT2D eigenvalue weighted by atomic mass is 10.1. The Bertz CT molecular complexity index is 631. The highest BCUT2D eigenvalue weighted by atomic mass is 19.1. The van der Waals surface area contributed by atoms with E-state index >= 15 is 0 Å². The van der Waals surface area contributed by atoms with Gasteiger partial charge in [-0.05, 0) is 54.5 Å². The van der Waals surface area contributed by atoms with E-state index in [1.54, 1.807) is 31.4 Å². The van der Waals surface area contributed by atoms with E-state index < -0.39 is 0 Å². The van der Waals surface area contributed by atoms with Crippen molar-refractivity contribution in [2.45, 2.75) is 0 Å². The molecular formula is C16H11FO2. The quantitative estimate of drug-likeness (QED) is 0.608. The summed E-state index contributed by atoms with van der Waals surface area (Å²) in [6.07, 6.45) is 0. The number of carbonyl (C=O) groups excluding carboxylic acids is 1. The van der Waals surface area contributed by atoms with Crippen molar-refractivity contribution >= 4 is 5.78 Å². The molecule has 2 aromatic carbocycles. The van der Waals surface area contributed by atoms with Crippen LogP contribution in [0.2, 0.25) is 0 Å². The minimum atomic E-state index is -0.327. The molecule has 0 fully saturated rings. The number of Topliss-reactive ketones (excluding diaryl/α,β-unsaturated/α-hetero) is 1. The molecule has 0 bridgehead atoms. The SMILES string of the molecule is COc1ccc(C(=O)C#Cc2ccc(F)cc2)cc1. The number of hydrogen-bond acceptors (Lipinski definition) is 2. The zero-order chi connectivity index (χ0) is 13.7. The number of methoxy groups -OCH3 is 1. The van der Waals surface area contributed by atoms with Crippen molar-refractivity contribution in [3.05, 3.63) is 65.5 Å². The van der Waals surface area contributed by atoms with Crippen molar-refractivity contribution < 1.29 is 13.9 Å². The molecule has 2 nitrogen and oxygen atoms in total.